The summed E-state index contributed by atoms with van der Waals surface area (Å²) in [5.41, 5.74) is 3.01. The van der Waals surface area contributed by atoms with E-state index in [1.807, 2.05) is 32.4 Å². The molecule has 0 saturated heterocycles. The third-order valence-corrected chi connectivity index (χ3v) is 3.01. The smallest absolute Gasteiger partial charge is 0.119 e. The van der Waals surface area contributed by atoms with Crippen molar-refractivity contribution in [3.8, 4) is 5.75 Å². The maximum absolute atomic E-state index is 9.85. The molecule has 0 fully saturated rings. The molecule has 100 valence electrons. The van der Waals surface area contributed by atoms with Gasteiger partial charge in [0, 0.05) is 13.6 Å². The summed E-state index contributed by atoms with van der Waals surface area (Å²) < 4.78 is 0. The zero-order chi connectivity index (χ0) is 13.5. The highest BCUT2D eigenvalue weighted by Gasteiger charge is 2.06. The molecule has 0 aliphatic heterocycles. The lowest BCUT2D eigenvalue weighted by molar-refractivity contribution is 0.468. The molecule has 0 amide bonds. The van der Waals surface area contributed by atoms with Crippen molar-refractivity contribution in [2.75, 3.05) is 13.6 Å². The number of aliphatic imine (C=N–C) groups is 1. The van der Waals surface area contributed by atoms with Gasteiger partial charge in [-0.15, -0.1) is 0 Å². The summed E-state index contributed by atoms with van der Waals surface area (Å²) >= 11 is 0. The van der Waals surface area contributed by atoms with Crippen LogP contribution in [0, 0.1) is 0 Å². The summed E-state index contributed by atoms with van der Waals surface area (Å²) in [6.45, 7) is 7.27. The SMILES string of the molecule is CCCN(C)C=Nc1cc(CC)c(O)cc1CC. The van der Waals surface area contributed by atoms with E-state index in [2.05, 4.69) is 23.7 Å². The number of aryl methyl sites for hydroxylation is 2. The lowest BCUT2D eigenvalue weighted by atomic mass is 10.0. The van der Waals surface area contributed by atoms with Crippen molar-refractivity contribution < 1.29 is 5.11 Å². The fourth-order valence-electron chi connectivity index (χ4n) is 1.92. The van der Waals surface area contributed by atoms with E-state index in [0.29, 0.717) is 5.75 Å². The van der Waals surface area contributed by atoms with E-state index >= 15 is 0 Å². The highest BCUT2D eigenvalue weighted by atomic mass is 16.3. The molecule has 0 unspecified atom stereocenters. The molecule has 0 aliphatic carbocycles. The van der Waals surface area contributed by atoms with Crippen molar-refractivity contribution in [3.05, 3.63) is 23.3 Å². The second-order valence-corrected chi connectivity index (χ2v) is 4.54. The van der Waals surface area contributed by atoms with Gasteiger partial charge < -0.3 is 10.0 Å². The molecule has 1 rings (SSSR count). The van der Waals surface area contributed by atoms with Gasteiger partial charge in [-0.3, -0.25) is 0 Å². The minimum absolute atomic E-state index is 0.384. The fraction of sp³-hybridized carbons (Fsp3) is 0.533. The molecule has 0 aromatic heterocycles. The molecule has 3 heteroatoms. The predicted molar refractivity (Wildman–Crippen MR) is 77.9 cm³/mol. The van der Waals surface area contributed by atoms with Crippen LogP contribution in [0.3, 0.4) is 0 Å². The Morgan fingerprint density at radius 2 is 1.83 bits per heavy atom. The molecular formula is C15H24N2O. The van der Waals surface area contributed by atoms with Crippen LogP contribution in [0.15, 0.2) is 17.1 Å². The van der Waals surface area contributed by atoms with Crippen LogP contribution in [0.4, 0.5) is 5.69 Å². The maximum Gasteiger partial charge on any atom is 0.119 e. The van der Waals surface area contributed by atoms with Crippen LogP contribution in [0.2, 0.25) is 0 Å². The monoisotopic (exact) mass is 248 g/mol. The first kappa shape index (κ1) is 14.6. The fourth-order valence-corrected chi connectivity index (χ4v) is 1.92. The Labute approximate surface area is 110 Å². The van der Waals surface area contributed by atoms with Gasteiger partial charge in [-0.2, -0.15) is 0 Å². The molecule has 0 spiro atoms. The lowest BCUT2D eigenvalue weighted by Crippen LogP contribution is -2.16. The van der Waals surface area contributed by atoms with Gasteiger partial charge in [0.1, 0.15) is 5.75 Å². The van der Waals surface area contributed by atoms with Crippen LogP contribution in [-0.2, 0) is 12.8 Å². The second kappa shape index (κ2) is 7.04. The van der Waals surface area contributed by atoms with Crippen molar-refractivity contribution in [2.45, 2.75) is 40.0 Å². The Kier molecular flexibility index (Phi) is 5.69. The number of hydrogen-bond donors (Lipinski definition) is 1. The van der Waals surface area contributed by atoms with Gasteiger partial charge in [0.2, 0.25) is 0 Å². The van der Waals surface area contributed by atoms with Crippen molar-refractivity contribution in [1.29, 1.82) is 0 Å². The Balaban J connectivity index is 2.99. The third kappa shape index (κ3) is 3.76. The molecule has 0 heterocycles. The molecule has 1 aromatic rings. The summed E-state index contributed by atoms with van der Waals surface area (Å²) in [4.78, 5) is 6.62. The van der Waals surface area contributed by atoms with E-state index in [4.69, 9.17) is 0 Å². The molecule has 1 N–H and O–H groups in total. The quantitative estimate of drug-likeness (QED) is 0.617. The van der Waals surface area contributed by atoms with Crippen LogP contribution in [-0.4, -0.2) is 29.9 Å². The molecule has 0 atom stereocenters. The van der Waals surface area contributed by atoms with Crippen molar-refractivity contribution in [3.63, 3.8) is 0 Å². The van der Waals surface area contributed by atoms with E-state index in [0.717, 1.165) is 42.6 Å². The van der Waals surface area contributed by atoms with Gasteiger partial charge >= 0.3 is 0 Å². The molecule has 18 heavy (non-hydrogen) atoms. The molecule has 0 radical (unpaired) electrons. The lowest BCUT2D eigenvalue weighted by Gasteiger charge is -2.12. The zero-order valence-electron chi connectivity index (χ0n) is 11.9. The first-order valence-electron chi connectivity index (χ1n) is 6.71. The van der Waals surface area contributed by atoms with E-state index in [1.165, 1.54) is 0 Å². The van der Waals surface area contributed by atoms with Gasteiger partial charge in [-0.05, 0) is 42.5 Å². The molecule has 0 aliphatic rings. The highest BCUT2D eigenvalue weighted by Crippen LogP contribution is 2.29. The number of hydrogen-bond acceptors (Lipinski definition) is 2. The molecular weight excluding hydrogens is 224 g/mol. The van der Waals surface area contributed by atoms with Crippen LogP contribution in [0.1, 0.15) is 38.3 Å². The normalized spacial score (nSPS) is 11.1. The third-order valence-electron chi connectivity index (χ3n) is 3.01. The Morgan fingerprint density at radius 1 is 1.17 bits per heavy atom. The first-order chi connectivity index (χ1) is 8.62. The number of rotatable bonds is 6. The number of phenolic OH excluding ortho intramolecular Hbond substituents is 1. The van der Waals surface area contributed by atoms with Crippen LogP contribution < -0.4 is 0 Å². The van der Waals surface area contributed by atoms with Crippen LogP contribution in [0.25, 0.3) is 0 Å². The van der Waals surface area contributed by atoms with Gasteiger partial charge in [0.25, 0.3) is 0 Å². The van der Waals surface area contributed by atoms with E-state index in [-0.39, 0.29) is 0 Å². The predicted octanol–water partition coefficient (Wildman–Crippen LogP) is 3.52. The first-order valence-corrected chi connectivity index (χ1v) is 6.71. The summed E-state index contributed by atoms with van der Waals surface area (Å²) in [5.74, 6) is 0.384. The Hall–Kier alpha value is -1.51. The number of benzene rings is 1. The van der Waals surface area contributed by atoms with Gasteiger partial charge in [0.15, 0.2) is 0 Å². The summed E-state index contributed by atoms with van der Waals surface area (Å²) in [6.07, 6.45) is 4.68. The summed E-state index contributed by atoms with van der Waals surface area (Å²) in [7, 11) is 2.03. The largest absolute Gasteiger partial charge is 0.508 e. The molecule has 0 saturated carbocycles. The van der Waals surface area contributed by atoms with E-state index in [9.17, 15) is 5.11 Å². The molecule has 3 nitrogen and oxygen atoms in total. The van der Waals surface area contributed by atoms with Crippen molar-refractivity contribution in [1.82, 2.24) is 4.90 Å². The molecule has 1 aromatic carbocycles. The number of aromatic hydroxyl groups is 1. The minimum Gasteiger partial charge on any atom is -0.508 e. The number of phenols is 1. The average molecular weight is 248 g/mol. The standard InChI is InChI=1S/C15H24N2O/c1-5-8-17(4)11-16-14-9-13(7-3)15(18)10-12(14)6-2/h9-11,18H,5-8H2,1-4H3. The van der Waals surface area contributed by atoms with Gasteiger partial charge in [0.05, 0.1) is 12.0 Å². The topological polar surface area (TPSA) is 35.8 Å². The maximum atomic E-state index is 9.85. The zero-order valence-corrected chi connectivity index (χ0v) is 11.9. The van der Waals surface area contributed by atoms with Gasteiger partial charge in [-0.25, -0.2) is 4.99 Å². The van der Waals surface area contributed by atoms with E-state index in [1.54, 1.807) is 0 Å². The van der Waals surface area contributed by atoms with Gasteiger partial charge in [-0.1, -0.05) is 20.8 Å². The number of nitrogens with zero attached hydrogens (tertiary/aromatic N) is 2. The van der Waals surface area contributed by atoms with Crippen LogP contribution >= 0.6 is 0 Å². The molecule has 0 bridgehead atoms. The summed E-state index contributed by atoms with van der Waals surface area (Å²) in [5, 5.41) is 9.85. The highest BCUT2D eigenvalue weighted by molar-refractivity contribution is 5.64. The Morgan fingerprint density at radius 3 is 2.39 bits per heavy atom. The van der Waals surface area contributed by atoms with E-state index < -0.39 is 0 Å². The average Bonchev–Trinajstić information content (AvgIpc) is 2.37. The second-order valence-electron chi connectivity index (χ2n) is 4.54. The minimum atomic E-state index is 0.384. The van der Waals surface area contributed by atoms with Crippen molar-refractivity contribution in [2.24, 2.45) is 4.99 Å². The Bertz CT molecular complexity index is 413. The van der Waals surface area contributed by atoms with Crippen molar-refractivity contribution >= 4 is 12.0 Å². The summed E-state index contributed by atoms with van der Waals surface area (Å²) in [6, 6.07) is 3.83. The van der Waals surface area contributed by atoms with Crippen LogP contribution in [0.5, 0.6) is 5.75 Å².